The molecule has 1 rings (SSSR count). The summed E-state index contributed by atoms with van der Waals surface area (Å²) in [4.78, 5) is 11.7. The third-order valence-corrected chi connectivity index (χ3v) is 2.79. The number of anilines is 1. The van der Waals surface area contributed by atoms with E-state index < -0.39 is 11.9 Å². The van der Waals surface area contributed by atoms with Crippen molar-refractivity contribution in [2.24, 2.45) is 0 Å². The van der Waals surface area contributed by atoms with Gasteiger partial charge in [0.25, 0.3) is 0 Å². The quantitative estimate of drug-likeness (QED) is 0.790. The van der Waals surface area contributed by atoms with Crippen molar-refractivity contribution in [3.05, 3.63) is 28.5 Å². The molecule has 0 aliphatic heterocycles. The van der Waals surface area contributed by atoms with Crippen LogP contribution in [0.15, 0.2) is 22.7 Å². The molecule has 1 unspecified atom stereocenters. The average molecular weight is 319 g/mol. The summed E-state index contributed by atoms with van der Waals surface area (Å²) in [6.45, 7) is 2.55. The van der Waals surface area contributed by atoms with E-state index in [1.54, 1.807) is 26.2 Å². The van der Waals surface area contributed by atoms with Gasteiger partial charge in [0, 0.05) is 18.1 Å². The number of hydrogen-bond acceptors (Lipinski definition) is 3. The third-order valence-electron chi connectivity index (χ3n) is 2.30. The Morgan fingerprint density at radius 2 is 2.28 bits per heavy atom. The lowest BCUT2D eigenvalue weighted by Crippen LogP contribution is -2.39. The van der Waals surface area contributed by atoms with Crippen LogP contribution in [0.5, 0.6) is 0 Å². The Bertz CT molecular complexity index is 415. The molecule has 1 aromatic rings. The summed E-state index contributed by atoms with van der Waals surface area (Å²) in [5, 5.41) is 5.50. The van der Waals surface area contributed by atoms with Gasteiger partial charge in [-0.1, -0.05) is 15.9 Å². The predicted molar refractivity (Wildman–Crippen MR) is 72.1 cm³/mol. The molecule has 0 spiro atoms. The fourth-order valence-corrected chi connectivity index (χ4v) is 1.70. The third kappa shape index (κ3) is 4.62. The first kappa shape index (κ1) is 14.9. The Labute approximate surface area is 114 Å². The first-order valence-corrected chi connectivity index (χ1v) is 6.32. The number of carbonyl (C=O) groups is 1. The van der Waals surface area contributed by atoms with Crippen LogP contribution in [0.25, 0.3) is 0 Å². The monoisotopic (exact) mass is 318 g/mol. The first-order valence-electron chi connectivity index (χ1n) is 5.53. The highest BCUT2D eigenvalue weighted by Gasteiger charge is 2.13. The lowest BCUT2D eigenvalue weighted by atomic mass is 10.2. The molecule has 1 amide bonds. The summed E-state index contributed by atoms with van der Waals surface area (Å²) < 4.78 is 19.0. The molecule has 6 heteroatoms. The molecule has 0 bridgehead atoms. The number of rotatable bonds is 6. The van der Waals surface area contributed by atoms with Crippen molar-refractivity contribution in [1.82, 2.24) is 5.32 Å². The van der Waals surface area contributed by atoms with Gasteiger partial charge in [-0.3, -0.25) is 4.79 Å². The minimum Gasteiger partial charge on any atom is -0.383 e. The Balaban J connectivity index is 2.55. The van der Waals surface area contributed by atoms with Gasteiger partial charge >= 0.3 is 0 Å². The molecule has 2 N–H and O–H groups in total. The minimum atomic E-state index is -0.523. The summed E-state index contributed by atoms with van der Waals surface area (Å²) in [5.74, 6) is -0.596. The van der Waals surface area contributed by atoms with Crippen LogP contribution in [0.4, 0.5) is 10.1 Å². The molecule has 0 saturated carbocycles. The lowest BCUT2D eigenvalue weighted by molar-refractivity contribution is -0.121. The van der Waals surface area contributed by atoms with Crippen molar-refractivity contribution in [1.29, 1.82) is 0 Å². The van der Waals surface area contributed by atoms with Crippen LogP contribution in [-0.2, 0) is 9.53 Å². The molecule has 0 aliphatic rings. The number of carbonyl (C=O) groups excluding carboxylic acids is 1. The van der Waals surface area contributed by atoms with Gasteiger partial charge in [0.15, 0.2) is 0 Å². The number of halogens is 2. The molecule has 18 heavy (non-hydrogen) atoms. The molecule has 1 atom stereocenters. The molecule has 0 heterocycles. The summed E-state index contributed by atoms with van der Waals surface area (Å²) in [6.07, 6.45) is 0. The van der Waals surface area contributed by atoms with E-state index in [0.717, 1.165) is 4.47 Å². The SMILES string of the molecule is COCCNC(=O)C(C)Nc1cc(Br)ccc1F. The standard InChI is InChI=1S/C12H16BrFN2O2/c1-8(12(17)15-5-6-18-2)16-11-7-9(13)3-4-10(11)14/h3-4,7-8,16H,5-6H2,1-2H3,(H,15,17). The minimum absolute atomic E-state index is 0.202. The van der Waals surface area contributed by atoms with Gasteiger partial charge in [-0.15, -0.1) is 0 Å². The Morgan fingerprint density at radius 1 is 1.56 bits per heavy atom. The molecule has 0 saturated heterocycles. The molecule has 100 valence electrons. The van der Waals surface area contributed by atoms with Crippen LogP contribution in [0.2, 0.25) is 0 Å². The van der Waals surface area contributed by atoms with Crippen molar-refractivity contribution in [2.75, 3.05) is 25.6 Å². The van der Waals surface area contributed by atoms with E-state index >= 15 is 0 Å². The number of ether oxygens (including phenoxy) is 1. The number of benzene rings is 1. The maximum absolute atomic E-state index is 13.5. The van der Waals surface area contributed by atoms with Crippen molar-refractivity contribution in [3.8, 4) is 0 Å². The van der Waals surface area contributed by atoms with Crippen LogP contribution < -0.4 is 10.6 Å². The maximum atomic E-state index is 13.5. The van der Waals surface area contributed by atoms with E-state index in [4.69, 9.17) is 4.74 Å². The average Bonchev–Trinajstić information content (AvgIpc) is 2.34. The molecular formula is C12H16BrFN2O2. The Kier molecular flexibility index (Phi) is 6.07. The van der Waals surface area contributed by atoms with Gasteiger partial charge in [-0.25, -0.2) is 4.39 Å². The highest BCUT2D eigenvalue weighted by Crippen LogP contribution is 2.20. The maximum Gasteiger partial charge on any atom is 0.242 e. The van der Waals surface area contributed by atoms with E-state index in [1.807, 2.05) is 0 Å². The zero-order chi connectivity index (χ0) is 13.5. The van der Waals surface area contributed by atoms with E-state index in [0.29, 0.717) is 18.8 Å². The van der Waals surface area contributed by atoms with E-state index in [2.05, 4.69) is 26.6 Å². The van der Waals surface area contributed by atoms with Crippen molar-refractivity contribution in [3.63, 3.8) is 0 Å². The molecule has 0 fully saturated rings. The number of nitrogens with one attached hydrogen (secondary N) is 2. The van der Waals surface area contributed by atoms with Gasteiger partial charge in [-0.05, 0) is 25.1 Å². The second-order valence-electron chi connectivity index (χ2n) is 3.77. The summed E-state index contributed by atoms with van der Waals surface area (Å²) in [5.41, 5.74) is 0.291. The number of amides is 1. The van der Waals surface area contributed by atoms with E-state index in [9.17, 15) is 9.18 Å². The Hall–Kier alpha value is -1.14. The number of hydrogen-bond donors (Lipinski definition) is 2. The van der Waals surface area contributed by atoms with Gasteiger partial charge < -0.3 is 15.4 Å². The van der Waals surface area contributed by atoms with Crippen LogP contribution in [0.3, 0.4) is 0 Å². The van der Waals surface area contributed by atoms with Crippen molar-refractivity contribution in [2.45, 2.75) is 13.0 Å². The largest absolute Gasteiger partial charge is 0.383 e. The second kappa shape index (κ2) is 7.33. The van der Waals surface area contributed by atoms with Crippen molar-refractivity contribution >= 4 is 27.5 Å². The van der Waals surface area contributed by atoms with Crippen LogP contribution in [0, 0.1) is 5.82 Å². The highest BCUT2D eigenvalue weighted by atomic mass is 79.9. The van der Waals surface area contributed by atoms with Crippen LogP contribution in [0.1, 0.15) is 6.92 Å². The number of methoxy groups -OCH3 is 1. The molecular weight excluding hydrogens is 303 g/mol. The van der Waals surface area contributed by atoms with E-state index in [1.165, 1.54) is 6.07 Å². The first-order chi connectivity index (χ1) is 8.54. The zero-order valence-electron chi connectivity index (χ0n) is 10.3. The molecule has 4 nitrogen and oxygen atoms in total. The van der Waals surface area contributed by atoms with E-state index in [-0.39, 0.29) is 5.91 Å². The van der Waals surface area contributed by atoms with Gasteiger partial charge in [0.05, 0.1) is 12.3 Å². The summed E-state index contributed by atoms with van der Waals surface area (Å²) in [7, 11) is 1.56. The molecule has 0 aromatic heterocycles. The normalized spacial score (nSPS) is 12.0. The van der Waals surface area contributed by atoms with Crippen molar-refractivity contribution < 1.29 is 13.9 Å². The van der Waals surface area contributed by atoms with Gasteiger partial charge in [0.1, 0.15) is 11.9 Å². The predicted octanol–water partition coefficient (Wildman–Crippen LogP) is 2.15. The fourth-order valence-electron chi connectivity index (χ4n) is 1.34. The second-order valence-corrected chi connectivity index (χ2v) is 4.69. The summed E-state index contributed by atoms with van der Waals surface area (Å²) >= 11 is 3.25. The van der Waals surface area contributed by atoms with Crippen LogP contribution >= 0.6 is 15.9 Å². The van der Waals surface area contributed by atoms with Gasteiger partial charge in [0.2, 0.25) is 5.91 Å². The fraction of sp³-hybridized carbons (Fsp3) is 0.417. The van der Waals surface area contributed by atoms with Crippen LogP contribution in [-0.4, -0.2) is 32.2 Å². The smallest absolute Gasteiger partial charge is 0.242 e. The molecule has 0 aliphatic carbocycles. The zero-order valence-corrected chi connectivity index (χ0v) is 11.9. The van der Waals surface area contributed by atoms with Gasteiger partial charge in [-0.2, -0.15) is 0 Å². The highest BCUT2D eigenvalue weighted by molar-refractivity contribution is 9.10. The lowest BCUT2D eigenvalue weighted by Gasteiger charge is -2.15. The summed E-state index contributed by atoms with van der Waals surface area (Å²) in [6, 6.07) is 4.01. The topological polar surface area (TPSA) is 50.4 Å². The molecule has 1 aromatic carbocycles. The Morgan fingerprint density at radius 3 is 2.94 bits per heavy atom. The molecule has 0 radical (unpaired) electrons.